The third-order valence-corrected chi connectivity index (χ3v) is 2.78. The molecule has 0 aliphatic heterocycles. The fraction of sp³-hybridized carbons (Fsp3) is 0.100. The molecule has 0 aromatic carbocycles. The molecule has 2 nitrogen and oxygen atoms in total. The second kappa shape index (κ2) is 3.75. The predicted molar refractivity (Wildman–Crippen MR) is 55.7 cm³/mol. The van der Waals surface area contributed by atoms with Crippen molar-refractivity contribution < 1.29 is 4.39 Å². The largest absolute Gasteiger partial charge is 0.397 e. The molecule has 0 aliphatic rings. The third kappa shape index (κ3) is 1.90. The standard InChI is InChI=1S/C10H9FN2S/c11-9-3-4-14-10(9)5-8-2-1-7(12)6-13-8/h1-4,6H,5,12H2. The molecule has 2 heterocycles. The van der Waals surface area contributed by atoms with Gasteiger partial charge in [-0.25, -0.2) is 4.39 Å². The van der Waals surface area contributed by atoms with Crippen LogP contribution in [0.4, 0.5) is 10.1 Å². The molecule has 0 fully saturated rings. The molecule has 0 unspecified atom stereocenters. The maximum Gasteiger partial charge on any atom is 0.137 e. The molecule has 0 atom stereocenters. The van der Waals surface area contributed by atoms with E-state index in [-0.39, 0.29) is 5.82 Å². The van der Waals surface area contributed by atoms with Crippen molar-refractivity contribution in [1.82, 2.24) is 4.98 Å². The number of hydrogen-bond acceptors (Lipinski definition) is 3. The van der Waals surface area contributed by atoms with Gasteiger partial charge in [-0.2, -0.15) is 0 Å². The van der Waals surface area contributed by atoms with Gasteiger partial charge in [0, 0.05) is 17.0 Å². The Morgan fingerprint density at radius 1 is 1.36 bits per heavy atom. The lowest BCUT2D eigenvalue weighted by atomic mass is 10.2. The lowest BCUT2D eigenvalue weighted by Crippen LogP contribution is -1.93. The van der Waals surface area contributed by atoms with Crippen LogP contribution in [0.15, 0.2) is 29.8 Å². The summed E-state index contributed by atoms with van der Waals surface area (Å²) in [5, 5.41) is 1.74. The molecule has 14 heavy (non-hydrogen) atoms. The number of nitrogens with zero attached hydrogens (tertiary/aromatic N) is 1. The minimum absolute atomic E-state index is 0.159. The quantitative estimate of drug-likeness (QED) is 0.823. The van der Waals surface area contributed by atoms with Crippen molar-refractivity contribution >= 4 is 17.0 Å². The first-order valence-corrected chi connectivity index (χ1v) is 5.06. The molecule has 0 saturated carbocycles. The summed E-state index contributed by atoms with van der Waals surface area (Å²) in [5.74, 6) is -0.159. The van der Waals surface area contributed by atoms with Gasteiger partial charge >= 0.3 is 0 Å². The fourth-order valence-corrected chi connectivity index (χ4v) is 1.92. The average molecular weight is 208 g/mol. The topological polar surface area (TPSA) is 38.9 Å². The Bertz CT molecular complexity index is 422. The highest BCUT2D eigenvalue weighted by Gasteiger charge is 2.04. The van der Waals surface area contributed by atoms with Crippen LogP contribution >= 0.6 is 11.3 Å². The highest BCUT2D eigenvalue weighted by atomic mass is 32.1. The van der Waals surface area contributed by atoms with E-state index in [9.17, 15) is 4.39 Å². The summed E-state index contributed by atoms with van der Waals surface area (Å²) >= 11 is 1.40. The number of pyridine rings is 1. The number of rotatable bonds is 2. The molecule has 0 radical (unpaired) electrons. The highest BCUT2D eigenvalue weighted by molar-refractivity contribution is 7.09. The Morgan fingerprint density at radius 3 is 2.79 bits per heavy atom. The van der Waals surface area contributed by atoms with Crippen molar-refractivity contribution in [3.63, 3.8) is 0 Å². The van der Waals surface area contributed by atoms with Crippen molar-refractivity contribution in [2.75, 3.05) is 5.73 Å². The van der Waals surface area contributed by atoms with Crippen LogP contribution in [0.5, 0.6) is 0 Å². The normalized spacial score (nSPS) is 10.4. The van der Waals surface area contributed by atoms with E-state index in [1.165, 1.54) is 17.4 Å². The zero-order valence-corrected chi connectivity index (χ0v) is 8.22. The second-order valence-electron chi connectivity index (χ2n) is 2.95. The van der Waals surface area contributed by atoms with Crippen LogP contribution in [-0.4, -0.2) is 4.98 Å². The van der Waals surface area contributed by atoms with Crippen molar-refractivity contribution in [2.45, 2.75) is 6.42 Å². The number of nitrogens with two attached hydrogens (primary N) is 1. The summed E-state index contributed by atoms with van der Waals surface area (Å²) in [5.41, 5.74) is 6.96. The average Bonchev–Trinajstić information content (AvgIpc) is 2.56. The van der Waals surface area contributed by atoms with E-state index in [1.807, 2.05) is 6.07 Å². The number of aromatic nitrogens is 1. The molecule has 0 aliphatic carbocycles. The van der Waals surface area contributed by atoms with Gasteiger partial charge in [0.2, 0.25) is 0 Å². The summed E-state index contributed by atoms with van der Waals surface area (Å²) in [6.07, 6.45) is 2.12. The summed E-state index contributed by atoms with van der Waals surface area (Å²) < 4.78 is 13.1. The second-order valence-corrected chi connectivity index (χ2v) is 3.95. The van der Waals surface area contributed by atoms with Crippen LogP contribution < -0.4 is 5.73 Å². The SMILES string of the molecule is Nc1ccc(Cc2sccc2F)nc1. The van der Waals surface area contributed by atoms with Crippen molar-refractivity contribution in [3.8, 4) is 0 Å². The van der Waals surface area contributed by atoms with Crippen LogP contribution in [0.2, 0.25) is 0 Å². The van der Waals surface area contributed by atoms with E-state index in [0.29, 0.717) is 17.0 Å². The third-order valence-electron chi connectivity index (χ3n) is 1.88. The van der Waals surface area contributed by atoms with Gasteiger partial charge in [0.1, 0.15) is 5.82 Å². The van der Waals surface area contributed by atoms with Gasteiger partial charge in [0.25, 0.3) is 0 Å². The molecule has 2 rings (SSSR count). The fourth-order valence-electron chi connectivity index (χ4n) is 1.16. The summed E-state index contributed by atoms with van der Waals surface area (Å²) in [7, 11) is 0. The monoisotopic (exact) mass is 208 g/mol. The molecule has 2 aromatic rings. The molecule has 2 aromatic heterocycles. The van der Waals surface area contributed by atoms with E-state index in [2.05, 4.69) is 4.98 Å². The minimum Gasteiger partial charge on any atom is -0.397 e. The molecule has 72 valence electrons. The van der Waals surface area contributed by atoms with Gasteiger partial charge in [0.05, 0.1) is 11.9 Å². The van der Waals surface area contributed by atoms with Gasteiger partial charge in [-0.05, 0) is 23.6 Å². The van der Waals surface area contributed by atoms with Gasteiger partial charge < -0.3 is 5.73 Å². The lowest BCUT2D eigenvalue weighted by molar-refractivity contribution is 0.621. The number of hydrogen-bond donors (Lipinski definition) is 1. The smallest absolute Gasteiger partial charge is 0.137 e. The Balaban J connectivity index is 2.19. The van der Waals surface area contributed by atoms with Crippen molar-refractivity contribution in [3.05, 3.63) is 46.2 Å². The van der Waals surface area contributed by atoms with Gasteiger partial charge in [-0.3, -0.25) is 4.98 Å². The predicted octanol–water partition coefficient (Wildman–Crippen LogP) is 2.46. The van der Waals surface area contributed by atoms with E-state index in [1.54, 1.807) is 17.6 Å². The summed E-state index contributed by atoms with van der Waals surface area (Å²) in [4.78, 5) is 4.82. The Hall–Kier alpha value is -1.42. The minimum atomic E-state index is -0.159. The molecular formula is C10H9FN2S. The number of thiophene rings is 1. The van der Waals surface area contributed by atoms with E-state index >= 15 is 0 Å². The molecule has 0 bridgehead atoms. The van der Waals surface area contributed by atoms with Crippen LogP contribution in [0.25, 0.3) is 0 Å². The van der Waals surface area contributed by atoms with Crippen LogP contribution in [0.1, 0.15) is 10.6 Å². The maximum atomic E-state index is 13.1. The first-order chi connectivity index (χ1) is 6.75. The maximum absolute atomic E-state index is 13.1. The zero-order chi connectivity index (χ0) is 9.97. The van der Waals surface area contributed by atoms with Crippen molar-refractivity contribution in [1.29, 1.82) is 0 Å². The van der Waals surface area contributed by atoms with Crippen LogP contribution in [-0.2, 0) is 6.42 Å². The van der Waals surface area contributed by atoms with E-state index < -0.39 is 0 Å². The summed E-state index contributed by atoms with van der Waals surface area (Å²) in [6, 6.07) is 5.06. The number of anilines is 1. The molecular weight excluding hydrogens is 199 g/mol. The first kappa shape index (κ1) is 9.15. The van der Waals surface area contributed by atoms with Gasteiger partial charge in [-0.15, -0.1) is 11.3 Å². The number of halogens is 1. The Morgan fingerprint density at radius 2 is 2.21 bits per heavy atom. The molecule has 0 saturated heterocycles. The van der Waals surface area contributed by atoms with Crippen molar-refractivity contribution in [2.24, 2.45) is 0 Å². The highest BCUT2D eigenvalue weighted by Crippen LogP contribution is 2.18. The van der Waals surface area contributed by atoms with Gasteiger partial charge in [-0.1, -0.05) is 0 Å². The summed E-state index contributed by atoms with van der Waals surface area (Å²) in [6.45, 7) is 0. The van der Waals surface area contributed by atoms with E-state index in [4.69, 9.17) is 5.73 Å². The Kier molecular flexibility index (Phi) is 2.45. The molecule has 2 N–H and O–H groups in total. The number of nitrogen functional groups attached to an aromatic ring is 1. The molecule has 4 heteroatoms. The van der Waals surface area contributed by atoms with Crippen LogP contribution in [0.3, 0.4) is 0 Å². The van der Waals surface area contributed by atoms with Gasteiger partial charge in [0.15, 0.2) is 0 Å². The molecule has 0 spiro atoms. The zero-order valence-electron chi connectivity index (χ0n) is 7.40. The van der Waals surface area contributed by atoms with E-state index in [0.717, 1.165) is 5.69 Å². The lowest BCUT2D eigenvalue weighted by Gasteiger charge is -1.98. The Labute approximate surface area is 85.2 Å². The van der Waals surface area contributed by atoms with Crippen LogP contribution in [0, 0.1) is 5.82 Å². The molecule has 0 amide bonds. The first-order valence-electron chi connectivity index (χ1n) is 4.18.